The van der Waals surface area contributed by atoms with E-state index in [1.54, 1.807) is 6.07 Å². The van der Waals surface area contributed by atoms with Gasteiger partial charge in [0.2, 0.25) is 0 Å². The number of rotatable bonds is 5. The summed E-state index contributed by atoms with van der Waals surface area (Å²) in [4.78, 5) is 10.3. The number of nitro benzene ring substituents is 1. The van der Waals surface area contributed by atoms with Gasteiger partial charge < -0.3 is 11.1 Å². The van der Waals surface area contributed by atoms with Crippen LogP contribution in [0.4, 0.5) is 11.4 Å². The summed E-state index contributed by atoms with van der Waals surface area (Å²) >= 11 is 0. The minimum Gasteiger partial charge on any atom is -0.379 e. The molecule has 1 aromatic carbocycles. The Morgan fingerprint density at radius 1 is 1.65 bits per heavy atom. The Hall–Kier alpha value is -2.13. The van der Waals surface area contributed by atoms with Gasteiger partial charge in [0.25, 0.3) is 5.69 Å². The number of nitrogens with zero attached hydrogens (tertiary/aromatic N) is 2. The Morgan fingerprint density at radius 2 is 2.35 bits per heavy atom. The summed E-state index contributed by atoms with van der Waals surface area (Å²) in [6.07, 6.45) is 0.719. The maximum atomic E-state index is 10.8. The SMILES string of the molecule is CC(N)CCNc1ccc(C#N)cc1[N+](=O)[O-]. The predicted molar refractivity (Wildman–Crippen MR) is 64.6 cm³/mol. The smallest absolute Gasteiger partial charge is 0.293 e. The lowest BCUT2D eigenvalue weighted by Gasteiger charge is -2.08. The summed E-state index contributed by atoms with van der Waals surface area (Å²) < 4.78 is 0. The van der Waals surface area contributed by atoms with Crippen molar-refractivity contribution >= 4 is 11.4 Å². The van der Waals surface area contributed by atoms with E-state index >= 15 is 0 Å². The van der Waals surface area contributed by atoms with E-state index in [1.165, 1.54) is 12.1 Å². The van der Waals surface area contributed by atoms with Crippen molar-refractivity contribution in [1.82, 2.24) is 0 Å². The lowest BCUT2D eigenvalue weighted by Crippen LogP contribution is -2.19. The van der Waals surface area contributed by atoms with Crippen molar-refractivity contribution in [1.29, 1.82) is 5.26 Å². The first kappa shape index (κ1) is 12.9. The molecule has 1 rings (SSSR count). The van der Waals surface area contributed by atoms with E-state index in [1.807, 2.05) is 13.0 Å². The third kappa shape index (κ3) is 3.74. The molecule has 90 valence electrons. The number of benzene rings is 1. The van der Waals surface area contributed by atoms with Crippen LogP contribution in [0.3, 0.4) is 0 Å². The van der Waals surface area contributed by atoms with Gasteiger partial charge in [-0.2, -0.15) is 5.26 Å². The third-order valence-electron chi connectivity index (χ3n) is 2.24. The molecule has 6 heteroatoms. The van der Waals surface area contributed by atoms with Gasteiger partial charge in [-0.3, -0.25) is 10.1 Å². The average molecular weight is 234 g/mol. The molecule has 0 aromatic heterocycles. The molecule has 0 aliphatic heterocycles. The van der Waals surface area contributed by atoms with Gasteiger partial charge in [0.05, 0.1) is 16.6 Å². The molecule has 3 N–H and O–H groups in total. The zero-order chi connectivity index (χ0) is 12.8. The lowest BCUT2D eigenvalue weighted by atomic mass is 10.2. The molecule has 0 heterocycles. The van der Waals surface area contributed by atoms with Crippen LogP contribution in [-0.2, 0) is 0 Å². The Labute approximate surface area is 99.2 Å². The summed E-state index contributed by atoms with van der Waals surface area (Å²) in [5.74, 6) is 0. The second kappa shape index (κ2) is 5.82. The number of nitro groups is 1. The van der Waals surface area contributed by atoms with Crippen molar-refractivity contribution in [3.63, 3.8) is 0 Å². The zero-order valence-corrected chi connectivity index (χ0v) is 9.51. The van der Waals surface area contributed by atoms with Gasteiger partial charge in [-0.15, -0.1) is 0 Å². The van der Waals surface area contributed by atoms with E-state index < -0.39 is 4.92 Å². The highest BCUT2D eigenvalue weighted by atomic mass is 16.6. The van der Waals surface area contributed by atoms with Gasteiger partial charge in [-0.05, 0) is 25.5 Å². The van der Waals surface area contributed by atoms with Crippen LogP contribution in [0.25, 0.3) is 0 Å². The fourth-order valence-corrected chi connectivity index (χ4v) is 1.34. The number of hydrogen-bond donors (Lipinski definition) is 2. The Kier molecular flexibility index (Phi) is 4.43. The van der Waals surface area contributed by atoms with Crippen LogP contribution >= 0.6 is 0 Å². The van der Waals surface area contributed by atoms with Crippen LogP contribution in [0.2, 0.25) is 0 Å². The predicted octanol–water partition coefficient (Wildman–Crippen LogP) is 1.62. The second-order valence-corrected chi connectivity index (χ2v) is 3.79. The molecule has 0 radical (unpaired) electrons. The van der Waals surface area contributed by atoms with Crippen molar-refractivity contribution in [3.8, 4) is 6.07 Å². The van der Waals surface area contributed by atoms with Crippen LogP contribution in [0.5, 0.6) is 0 Å². The Bertz CT molecular complexity index is 451. The molecule has 0 aliphatic carbocycles. The summed E-state index contributed by atoms with van der Waals surface area (Å²) in [6.45, 7) is 2.43. The van der Waals surface area contributed by atoms with Crippen molar-refractivity contribution in [2.75, 3.05) is 11.9 Å². The van der Waals surface area contributed by atoms with Gasteiger partial charge in [0.1, 0.15) is 5.69 Å². The van der Waals surface area contributed by atoms with Crippen molar-refractivity contribution < 1.29 is 4.92 Å². The topological polar surface area (TPSA) is 105 Å². The maximum Gasteiger partial charge on any atom is 0.293 e. The van der Waals surface area contributed by atoms with E-state index in [4.69, 9.17) is 11.0 Å². The van der Waals surface area contributed by atoms with Crippen LogP contribution < -0.4 is 11.1 Å². The molecule has 0 bridgehead atoms. The molecule has 0 amide bonds. The largest absolute Gasteiger partial charge is 0.379 e. The first-order valence-electron chi connectivity index (χ1n) is 5.22. The van der Waals surface area contributed by atoms with Crippen molar-refractivity contribution in [2.45, 2.75) is 19.4 Å². The highest BCUT2D eigenvalue weighted by Crippen LogP contribution is 2.25. The molecule has 6 nitrogen and oxygen atoms in total. The van der Waals surface area contributed by atoms with Gasteiger partial charge >= 0.3 is 0 Å². The molecule has 0 fully saturated rings. The van der Waals surface area contributed by atoms with Crippen LogP contribution in [0.1, 0.15) is 18.9 Å². The lowest BCUT2D eigenvalue weighted by molar-refractivity contribution is -0.384. The molecule has 0 aliphatic rings. The summed E-state index contributed by atoms with van der Waals surface area (Å²) in [5.41, 5.74) is 6.18. The van der Waals surface area contributed by atoms with E-state index in [0.717, 1.165) is 6.42 Å². The molecule has 17 heavy (non-hydrogen) atoms. The second-order valence-electron chi connectivity index (χ2n) is 3.79. The number of nitriles is 1. The van der Waals surface area contributed by atoms with E-state index in [2.05, 4.69) is 5.32 Å². The van der Waals surface area contributed by atoms with Crippen molar-refractivity contribution in [3.05, 3.63) is 33.9 Å². The molecule has 1 atom stereocenters. The van der Waals surface area contributed by atoms with Gasteiger partial charge in [0.15, 0.2) is 0 Å². The summed E-state index contributed by atoms with van der Waals surface area (Å²) in [7, 11) is 0. The number of nitrogens with one attached hydrogen (secondary N) is 1. The first-order chi connectivity index (χ1) is 8.04. The Morgan fingerprint density at radius 3 is 2.88 bits per heavy atom. The molecule has 0 saturated heterocycles. The van der Waals surface area contributed by atoms with Gasteiger partial charge in [-0.1, -0.05) is 0 Å². The standard InChI is InChI=1S/C11H14N4O2/c1-8(13)4-5-14-10-3-2-9(7-12)6-11(10)15(16)17/h2-3,6,8,14H,4-5,13H2,1H3. The highest BCUT2D eigenvalue weighted by molar-refractivity contribution is 5.63. The number of hydrogen-bond acceptors (Lipinski definition) is 5. The van der Waals surface area contributed by atoms with E-state index in [-0.39, 0.29) is 17.3 Å². The van der Waals surface area contributed by atoms with Crippen LogP contribution in [0.15, 0.2) is 18.2 Å². The van der Waals surface area contributed by atoms with Gasteiger partial charge in [-0.25, -0.2) is 0 Å². The fraction of sp³-hybridized carbons (Fsp3) is 0.364. The quantitative estimate of drug-likeness (QED) is 0.594. The van der Waals surface area contributed by atoms with Crippen molar-refractivity contribution in [2.24, 2.45) is 5.73 Å². The fourth-order valence-electron chi connectivity index (χ4n) is 1.34. The minimum absolute atomic E-state index is 0.0416. The van der Waals surface area contributed by atoms with E-state index in [0.29, 0.717) is 12.2 Å². The number of nitrogens with two attached hydrogens (primary N) is 1. The van der Waals surface area contributed by atoms with E-state index in [9.17, 15) is 10.1 Å². The van der Waals surface area contributed by atoms with Crippen LogP contribution in [0, 0.1) is 21.4 Å². The molecule has 0 spiro atoms. The Balaban J connectivity index is 2.84. The minimum atomic E-state index is -0.505. The van der Waals surface area contributed by atoms with Gasteiger partial charge in [0, 0.05) is 18.7 Å². The zero-order valence-electron chi connectivity index (χ0n) is 9.51. The normalized spacial score (nSPS) is 11.6. The molecule has 0 saturated carbocycles. The summed E-state index contributed by atoms with van der Waals surface area (Å²) in [5, 5.41) is 22.4. The highest BCUT2D eigenvalue weighted by Gasteiger charge is 2.14. The molecule has 1 unspecified atom stereocenters. The maximum absolute atomic E-state index is 10.8. The monoisotopic (exact) mass is 234 g/mol. The van der Waals surface area contributed by atoms with Crippen LogP contribution in [-0.4, -0.2) is 17.5 Å². The summed E-state index contributed by atoms with van der Waals surface area (Å²) in [6, 6.07) is 6.25. The number of anilines is 1. The molecular weight excluding hydrogens is 220 g/mol. The third-order valence-corrected chi connectivity index (χ3v) is 2.24. The molecular formula is C11H14N4O2. The average Bonchev–Trinajstić information content (AvgIpc) is 2.28. The first-order valence-corrected chi connectivity index (χ1v) is 5.22. The molecule has 1 aromatic rings.